The second-order valence-electron chi connectivity index (χ2n) is 3.95. The summed E-state index contributed by atoms with van der Waals surface area (Å²) in [5.74, 6) is 0.0975. The summed E-state index contributed by atoms with van der Waals surface area (Å²) in [5.41, 5.74) is 3.55. The summed E-state index contributed by atoms with van der Waals surface area (Å²) in [7, 11) is 0. The predicted molar refractivity (Wildman–Crippen MR) is 67.7 cm³/mol. The molecule has 0 spiro atoms. The van der Waals surface area contributed by atoms with Gasteiger partial charge in [-0.25, -0.2) is 0 Å². The fraction of sp³-hybridized carbons (Fsp3) is 0.462. The lowest BCUT2D eigenvalue weighted by Crippen LogP contribution is -2.24. The average Bonchev–Trinajstić information content (AvgIpc) is 2.23. The van der Waals surface area contributed by atoms with Crippen LogP contribution >= 0.6 is 0 Å². The van der Waals surface area contributed by atoms with Crippen LogP contribution in [0.4, 0.5) is 5.69 Å². The van der Waals surface area contributed by atoms with Crippen molar-refractivity contribution in [2.45, 2.75) is 27.2 Å². The molecule has 88 valence electrons. The zero-order valence-corrected chi connectivity index (χ0v) is 10.3. The van der Waals surface area contributed by atoms with E-state index >= 15 is 0 Å². The molecule has 1 aromatic rings. The number of amides is 1. The van der Waals surface area contributed by atoms with Crippen molar-refractivity contribution in [1.29, 1.82) is 0 Å². The number of anilines is 1. The molecule has 0 heterocycles. The van der Waals surface area contributed by atoms with Gasteiger partial charge in [0, 0.05) is 25.2 Å². The molecule has 0 unspecified atom stereocenters. The minimum Gasteiger partial charge on any atom is -0.384 e. The van der Waals surface area contributed by atoms with E-state index in [-0.39, 0.29) is 5.91 Å². The van der Waals surface area contributed by atoms with Crippen molar-refractivity contribution in [3.05, 3.63) is 29.3 Å². The van der Waals surface area contributed by atoms with Crippen molar-refractivity contribution in [1.82, 2.24) is 5.32 Å². The van der Waals surface area contributed by atoms with E-state index in [1.54, 1.807) is 0 Å². The number of hydrogen-bond acceptors (Lipinski definition) is 2. The molecule has 2 N–H and O–H groups in total. The highest BCUT2D eigenvalue weighted by Gasteiger charge is 2.01. The van der Waals surface area contributed by atoms with Gasteiger partial charge in [0.25, 0.3) is 0 Å². The largest absolute Gasteiger partial charge is 0.384 e. The quantitative estimate of drug-likeness (QED) is 0.799. The summed E-state index contributed by atoms with van der Waals surface area (Å²) in [6.45, 7) is 7.43. The second-order valence-corrected chi connectivity index (χ2v) is 3.95. The maximum absolute atomic E-state index is 11.2. The van der Waals surface area contributed by atoms with E-state index in [0.29, 0.717) is 19.5 Å². The smallest absolute Gasteiger partial charge is 0.221 e. The molecular formula is C13H20N2O. The lowest BCUT2D eigenvalue weighted by atomic mass is 10.1. The number of rotatable bonds is 5. The van der Waals surface area contributed by atoms with Gasteiger partial charge in [-0.05, 0) is 38.0 Å². The molecule has 16 heavy (non-hydrogen) atoms. The number of carbonyl (C=O) groups excluding carboxylic acids is 1. The molecule has 0 aromatic heterocycles. The maximum atomic E-state index is 11.2. The van der Waals surface area contributed by atoms with Gasteiger partial charge in [0.15, 0.2) is 0 Å². The summed E-state index contributed by atoms with van der Waals surface area (Å²) in [5, 5.41) is 6.06. The van der Waals surface area contributed by atoms with Gasteiger partial charge in [0.05, 0.1) is 0 Å². The van der Waals surface area contributed by atoms with E-state index in [4.69, 9.17) is 0 Å². The zero-order valence-electron chi connectivity index (χ0n) is 10.3. The topological polar surface area (TPSA) is 41.1 Å². The second kappa shape index (κ2) is 6.16. The molecule has 0 saturated carbocycles. The van der Waals surface area contributed by atoms with Crippen LogP contribution in [0.5, 0.6) is 0 Å². The van der Waals surface area contributed by atoms with Gasteiger partial charge >= 0.3 is 0 Å². The van der Waals surface area contributed by atoms with Crippen LogP contribution in [0.3, 0.4) is 0 Å². The molecule has 0 bridgehead atoms. The summed E-state index contributed by atoms with van der Waals surface area (Å²) in [4.78, 5) is 11.2. The van der Waals surface area contributed by atoms with Crippen LogP contribution < -0.4 is 10.6 Å². The number of hydrogen-bond donors (Lipinski definition) is 2. The molecule has 1 amide bonds. The normalized spacial score (nSPS) is 9.94. The Morgan fingerprint density at radius 2 is 2.06 bits per heavy atom. The molecule has 0 aliphatic carbocycles. The molecule has 1 rings (SSSR count). The van der Waals surface area contributed by atoms with Gasteiger partial charge in [-0.15, -0.1) is 0 Å². The Kier molecular flexibility index (Phi) is 4.83. The van der Waals surface area contributed by atoms with Gasteiger partial charge < -0.3 is 10.6 Å². The third-order valence-corrected chi connectivity index (χ3v) is 2.43. The molecule has 3 heteroatoms. The summed E-state index contributed by atoms with van der Waals surface area (Å²) in [6.07, 6.45) is 0.515. The SMILES string of the molecule is CCNC(=O)CCNc1cc(C)ccc1C. The summed E-state index contributed by atoms with van der Waals surface area (Å²) < 4.78 is 0. The molecule has 0 atom stereocenters. The van der Waals surface area contributed by atoms with Crippen molar-refractivity contribution in [2.75, 3.05) is 18.4 Å². The van der Waals surface area contributed by atoms with E-state index in [9.17, 15) is 4.79 Å². The van der Waals surface area contributed by atoms with E-state index in [1.807, 2.05) is 6.92 Å². The summed E-state index contributed by atoms with van der Waals surface area (Å²) in [6, 6.07) is 6.28. The third kappa shape index (κ3) is 3.93. The highest BCUT2D eigenvalue weighted by molar-refractivity contribution is 5.76. The number of carbonyl (C=O) groups is 1. The standard InChI is InChI=1S/C13H20N2O/c1-4-14-13(16)7-8-15-12-9-10(2)5-6-11(12)3/h5-6,9,15H,4,7-8H2,1-3H3,(H,14,16). The van der Waals surface area contributed by atoms with Gasteiger partial charge in [-0.1, -0.05) is 12.1 Å². The van der Waals surface area contributed by atoms with Crippen molar-refractivity contribution >= 4 is 11.6 Å². The van der Waals surface area contributed by atoms with Crippen LogP contribution in [0.2, 0.25) is 0 Å². The lowest BCUT2D eigenvalue weighted by Gasteiger charge is -2.10. The van der Waals surface area contributed by atoms with Gasteiger partial charge in [0.1, 0.15) is 0 Å². The van der Waals surface area contributed by atoms with Gasteiger partial charge in [0.2, 0.25) is 5.91 Å². The van der Waals surface area contributed by atoms with Crippen LogP contribution in [-0.2, 0) is 4.79 Å². The van der Waals surface area contributed by atoms with E-state index in [2.05, 4.69) is 42.7 Å². The fourth-order valence-corrected chi connectivity index (χ4v) is 1.52. The van der Waals surface area contributed by atoms with Crippen molar-refractivity contribution in [3.8, 4) is 0 Å². The Morgan fingerprint density at radius 1 is 1.31 bits per heavy atom. The monoisotopic (exact) mass is 220 g/mol. The zero-order chi connectivity index (χ0) is 12.0. The number of aryl methyl sites for hydroxylation is 2. The molecule has 0 saturated heterocycles. The van der Waals surface area contributed by atoms with Gasteiger partial charge in [-0.2, -0.15) is 0 Å². The molecule has 0 aliphatic heterocycles. The van der Waals surface area contributed by atoms with Crippen molar-refractivity contribution in [3.63, 3.8) is 0 Å². The van der Waals surface area contributed by atoms with E-state index < -0.39 is 0 Å². The molecule has 0 fully saturated rings. The Morgan fingerprint density at radius 3 is 2.75 bits per heavy atom. The number of nitrogens with one attached hydrogen (secondary N) is 2. The lowest BCUT2D eigenvalue weighted by molar-refractivity contribution is -0.120. The van der Waals surface area contributed by atoms with Crippen LogP contribution in [0, 0.1) is 13.8 Å². The molecule has 1 aromatic carbocycles. The molecular weight excluding hydrogens is 200 g/mol. The van der Waals surface area contributed by atoms with E-state index in [0.717, 1.165) is 5.69 Å². The van der Waals surface area contributed by atoms with Crippen LogP contribution in [0.25, 0.3) is 0 Å². The Balaban J connectivity index is 2.42. The minimum atomic E-state index is 0.0975. The Labute approximate surface area is 97.2 Å². The van der Waals surface area contributed by atoms with Gasteiger partial charge in [-0.3, -0.25) is 4.79 Å². The summed E-state index contributed by atoms with van der Waals surface area (Å²) >= 11 is 0. The Bertz CT molecular complexity index is 361. The molecule has 3 nitrogen and oxygen atoms in total. The first-order valence-corrected chi connectivity index (χ1v) is 5.71. The predicted octanol–water partition coefficient (Wildman–Crippen LogP) is 2.24. The third-order valence-electron chi connectivity index (χ3n) is 2.43. The van der Waals surface area contributed by atoms with Crippen LogP contribution in [0.15, 0.2) is 18.2 Å². The first kappa shape index (κ1) is 12.6. The first-order valence-electron chi connectivity index (χ1n) is 5.71. The fourth-order valence-electron chi connectivity index (χ4n) is 1.52. The van der Waals surface area contributed by atoms with Crippen molar-refractivity contribution in [2.24, 2.45) is 0 Å². The minimum absolute atomic E-state index is 0.0975. The molecule has 0 aliphatic rings. The molecule has 0 radical (unpaired) electrons. The van der Waals surface area contributed by atoms with Crippen LogP contribution in [-0.4, -0.2) is 19.0 Å². The Hall–Kier alpha value is -1.51. The highest BCUT2D eigenvalue weighted by atomic mass is 16.1. The van der Waals surface area contributed by atoms with E-state index in [1.165, 1.54) is 11.1 Å². The highest BCUT2D eigenvalue weighted by Crippen LogP contribution is 2.15. The van der Waals surface area contributed by atoms with Crippen molar-refractivity contribution < 1.29 is 4.79 Å². The number of benzene rings is 1. The maximum Gasteiger partial charge on any atom is 0.221 e. The average molecular weight is 220 g/mol. The van der Waals surface area contributed by atoms with Crippen LogP contribution in [0.1, 0.15) is 24.5 Å². The first-order chi connectivity index (χ1) is 7.63.